The minimum atomic E-state index is -0.187. The molecule has 2 aromatic heterocycles. The zero-order valence-electron chi connectivity index (χ0n) is 18.9. The van der Waals surface area contributed by atoms with E-state index in [-0.39, 0.29) is 17.8 Å². The SMILES string of the molecule is CC(C)[C@H]1CC[C@H](C)C[C@@H]1OC(=O)CSc1nnc(-c2ccco2)n1Cc1ccccc1. The summed E-state index contributed by atoms with van der Waals surface area (Å²) in [6.45, 7) is 7.28. The van der Waals surface area contributed by atoms with Crippen molar-refractivity contribution in [2.24, 2.45) is 17.8 Å². The van der Waals surface area contributed by atoms with Crippen LogP contribution in [0.1, 0.15) is 45.6 Å². The maximum atomic E-state index is 12.7. The van der Waals surface area contributed by atoms with Crippen LogP contribution in [0.4, 0.5) is 0 Å². The van der Waals surface area contributed by atoms with E-state index in [1.54, 1.807) is 6.26 Å². The van der Waals surface area contributed by atoms with Gasteiger partial charge in [0.1, 0.15) is 6.10 Å². The monoisotopic (exact) mass is 453 g/mol. The lowest BCUT2D eigenvalue weighted by Gasteiger charge is -2.36. The fourth-order valence-electron chi connectivity index (χ4n) is 4.47. The van der Waals surface area contributed by atoms with Gasteiger partial charge in [-0.3, -0.25) is 9.36 Å². The highest BCUT2D eigenvalue weighted by atomic mass is 32.2. The summed E-state index contributed by atoms with van der Waals surface area (Å²) in [5.74, 6) is 2.87. The van der Waals surface area contributed by atoms with Gasteiger partial charge in [0.2, 0.25) is 5.82 Å². The van der Waals surface area contributed by atoms with Crippen LogP contribution in [-0.4, -0.2) is 32.6 Å². The van der Waals surface area contributed by atoms with Gasteiger partial charge in [0.05, 0.1) is 18.6 Å². The first-order valence-corrected chi connectivity index (χ1v) is 12.3. The third-order valence-electron chi connectivity index (χ3n) is 6.21. The first-order chi connectivity index (χ1) is 15.5. The second kappa shape index (κ2) is 10.4. The van der Waals surface area contributed by atoms with Crippen molar-refractivity contribution in [3.63, 3.8) is 0 Å². The summed E-state index contributed by atoms with van der Waals surface area (Å²) in [6, 6.07) is 13.8. The molecule has 0 N–H and O–H groups in total. The van der Waals surface area contributed by atoms with Gasteiger partial charge in [0, 0.05) is 0 Å². The van der Waals surface area contributed by atoms with Crippen molar-refractivity contribution in [2.45, 2.75) is 57.8 Å². The van der Waals surface area contributed by atoms with Crippen LogP contribution >= 0.6 is 11.8 Å². The molecule has 7 heteroatoms. The minimum absolute atomic E-state index is 0.00715. The molecule has 0 aliphatic heterocycles. The van der Waals surface area contributed by atoms with E-state index < -0.39 is 0 Å². The molecule has 1 aliphatic rings. The Hall–Kier alpha value is -2.54. The minimum Gasteiger partial charge on any atom is -0.461 e. The zero-order valence-corrected chi connectivity index (χ0v) is 19.8. The van der Waals surface area contributed by atoms with Crippen molar-refractivity contribution in [3.05, 3.63) is 54.3 Å². The lowest BCUT2D eigenvalue weighted by atomic mass is 9.75. The number of rotatable bonds is 8. The number of aromatic nitrogens is 3. The Bertz CT molecular complexity index is 1000. The average molecular weight is 454 g/mol. The van der Waals surface area contributed by atoms with E-state index in [0.717, 1.165) is 18.4 Å². The van der Waals surface area contributed by atoms with Crippen LogP contribution in [-0.2, 0) is 16.1 Å². The third kappa shape index (κ3) is 5.44. The molecule has 3 aromatic rings. The van der Waals surface area contributed by atoms with Gasteiger partial charge in [-0.1, -0.05) is 69.3 Å². The van der Waals surface area contributed by atoms with Gasteiger partial charge in [-0.15, -0.1) is 10.2 Å². The average Bonchev–Trinajstić information content (AvgIpc) is 3.43. The van der Waals surface area contributed by atoms with Gasteiger partial charge < -0.3 is 9.15 Å². The van der Waals surface area contributed by atoms with E-state index in [0.29, 0.717) is 41.0 Å². The van der Waals surface area contributed by atoms with Crippen LogP contribution in [0.15, 0.2) is 58.3 Å². The van der Waals surface area contributed by atoms with E-state index in [1.165, 1.54) is 18.2 Å². The van der Waals surface area contributed by atoms with Crippen molar-refractivity contribution in [3.8, 4) is 11.6 Å². The highest BCUT2D eigenvalue weighted by Gasteiger charge is 2.33. The highest BCUT2D eigenvalue weighted by Crippen LogP contribution is 2.35. The lowest BCUT2D eigenvalue weighted by molar-refractivity contribution is -0.152. The summed E-state index contributed by atoms with van der Waals surface area (Å²) in [5.41, 5.74) is 1.13. The molecule has 0 bridgehead atoms. The van der Waals surface area contributed by atoms with Crippen LogP contribution in [0.3, 0.4) is 0 Å². The van der Waals surface area contributed by atoms with Crippen LogP contribution in [0.2, 0.25) is 0 Å². The van der Waals surface area contributed by atoms with E-state index in [4.69, 9.17) is 9.15 Å². The van der Waals surface area contributed by atoms with Crippen molar-refractivity contribution in [1.82, 2.24) is 14.8 Å². The quantitative estimate of drug-likeness (QED) is 0.323. The highest BCUT2D eigenvalue weighted by molar-refractivity contribution is 7.99. The fraction of sp³-hybridized carbons (Fsp3) is 0.480. The molecule has 0 unspecified atom stereocenters. The van der Waals surface area contributed by atoms with E-state index in [9.17, 15) is 4.79 Å². The molecule has 170 valence electrons. The molecule has 1 aromatic carbocycles. The number of thioether (sulfide) groups is 1. The van der Waals surface area contributed by atoms with Gasteiger partial charge in [0.25, 0.3) is 0 Å². The molecular formula is C25H31N3O3S. The number of hydrogen-bond donors (Lipinski definition) is 0. The molecule has 32 heavy (non-hydrogen) atoms. The van der Waals surface area contributed by atoms with Crippen molar-refractivity contribution in [1.29, 1.82) is 0 Å². The number of ether oxygens (including phenoxy) is 1. The predicted octanol–water partition coefficient (Wildman–Crippen LogP) is 5.68. The molecular weight excluding hydrogens is 422 g/mol. The Morgan fingerprint density at radius 2 is 2.00 bits per heavy atom. The van der Waals surface area contributed by atoms with Crippen LogP contribution in [0.5, 0.6) is 0 Å². The van der Waals surface area contributed by atoms with Crippen molar-refractivity contribution in [2.75, 3.05) is 5.75 Å². The Kier molecular flexibility index (Phi) is 7.35. The summed E-state index contributed by atoms with van der Waals surface area (Å²) in [7, 11) is 0. The van der Waals surface area contributed by atoms with Gasteiger partial charge in [-0.05, 0) is 48.3 Å². The molecule has 2 heterocycles. The summed E-state index contributed by atoms with van der Waals surface area (Å²) in [4.78, 5) is 12.7. The number of benzene rings is 1. The number of esters is 1. The van der Waals surface area contributed by atoms with E-state index >= 15 is 0 Å². The number of nitrogens with zero attached hydrogens (tertiary/aromatic N) is 3. The van der Waals surface area contributed by atoms with Gasteiger partial charge in [-0.25, -0.2) is 0 Å². The second-order valence-electron chi connectivity index (χ2n) is 9.00. The maximum absolute atomic E-state index is 12.7. The second-order valence-corrected chi connectivity index (χ2v) is 9.94. The first kappa shape index (κ1) is 22.6. The summed E-state index contributed by atoms with van der Waals surface area (Å²) in [5, 5.41) is 9.37. The van der Waals surface area contributed by atoms with Crippen LogP contribution in [0, 0.1) is 17.8 Å². The number of carbonyl (C=O) groups excluding carboxylic acids is 1. The van der Waals surface area contributed by atoms with Crippen molar-refractivity contribution < 1.29 is 13.9 Å². The predicted molar refractivity (Wildman–Crippen MR) is 125 cm³/mol. The van der Waals surface area contributed by atoms with E-state index in [2.05, 4.69) is 43.1 Å². The Balaban J connectivity index is 1.46. The lowest BCUT2D eigenvalue weighted by Crippen LogP contribution is -2.36. The van der Waals surface area contributed by atoms with Crippen LogP contribution < -0.4 is 0 Å². The normalized spacial score (nSPS) is 21.1. The third-order valence-corrected chi connectivity index (χ3v) is 7.15. The van der Waals surface area contributed by atoms with Gasteiger partial charge >= 0.3 is 5.97 Å². The van der Waals surface area contributed by atoms with E-state index in [1.807, 2.05) is 34.9 Å². The van der Waals surface area contributed by atoms with Crippen LogP contribution in [0.25, 0.3) is 11.6 Å². The molecule has 1 saturated carbocycles. The largest absolute Gasteiger partial charge is 0.461 e. The number of hydrogen-bond acceptors (Lipinski definition) is 6. The molecule has 0 saturated heterocycles. The Morgan fingerprint density at radius 3 is 2.72 bits per heavy atom. The van der Waals surface area contributed by atoms with Gasteiger partial charge in [0.15, 0.2) is 10.9 Å². The Labute approximate surface area is 193 Å². The molecule has 1 fully saturated rings. The molecule has 1 aliphatic carbocycles. The topological polar surface area (TPSA) is 70.2 Å². The summed E-state index contributed by atoms with van der Waals surface area (Å²) in [6.07, 6.45) is 4.92. The molecule has 6 nitrogen and oxygen atoms in total. The molecule has 0 spiro atoms. The number of carbonyl (C=O) groups is 1. The summed E-state index contributed by atoms with van der Waals surface area (Å²) < 4.78 is 13.5. The number of furan rings is 1. The van der Waals surface area contributed by atoms with Gasteiger partial charge in [-0.2, -0.15) is 0 Å². The molecule has 3 atom stereocenters. The fourth-order valence-corrected chi connectivity index (χ4v) is 5.19. The van der Waals surface area contributed by atoms with Crippen molar-refractivity contribution >= 4 is 17.7 Å². The Morgan fingerprint density at radius 1 is 1.19 bits per heavy atom. The zero-order chi connectivity index (χ0) is 22.5. The summed E-state index contributed by atoms with van der Waals surface area (Å²) >= 11 is 1.36. The molecule has 0 radical (unpaired) electrons. The smallest absolute Gasteiger partial charge is 0.316 e. The molecule has 4 rings (SSSR count). The first-order valence-electron chi connectivity index (χ1n) is 11.3. The standard InChI is InChI=1S/C25H31N3O3S/c1-17(2)20-12-11-18(3)14-22(20)31-23(29)16-32-25-27-26-24(21-10-7-13-30-21)28(25)15-19-8-5-4-6-9-19/h4-10,13,17-18,20,22H,11-12,14-16H2,1-3H3/t18-,20+,22-/m0/s1. The maximum Gasteiger partial charge on any atom is 0.316 e. The molecule has 0 amide bonds.